The van der Waals surface area contributed by atoms with E-state index in [-0.39, 0.29) is 30.5 Å². The maximum atomic E-state index is 13.8. The van der Waals surface area contributed by atoms with Crippen LogP contribution < -0.4 is 9.62 Å². The molecule has 1 heterocycles. The lowest BCUT2D eigenvalue weighted by atomic mass is 10.0. The zero-order valence-corrected chi connectivity index (χ0v) is 13.9. The van der Waals surface area contributed by atoms with Crippen LogP contribution in [0.3, 0.4) is 0 Å². The van der Waals surface area contributed by atoms with Crippen molar-refractivity contribution in [3.05, 3.63) is 29.6 Å². The fourth-order valence-corrected chi connectivity index (χ4v) is 4.97. The van der Waals surface area contributed by atoms with Crippen LogP contribution in [0.2, 0.25) is 0 Å². The fraction of sp³-hybridized carbons (Fsp3) is 0.562. The average Bonchev–Trinajstić information content (AvgIpc) is 2.88. The van der Waals surface area contributed by atoms with E-state index in [9.17, 15) is 17.6 Å². The number of anilines is 1. The van der Waals surface area contributed by atoms with Crippen LogP contribution in [0.25, 0.3) is 0 Å². The number of halogens is 1. The molecule has 5 nitrogen and oxygen atoms in total. The topological polar surface area (TPSA) is 66.5 Å². The van der Waals surface area contributed by atoms with E-state index in [1.807, 2.05) is 0 Å². The second-order valence-electron chi connectivity index (χ2n) is 6.36. The van der Waals surface area contributed by atoms with Crippen LogP contribution in [0.15, 0.2) is 18.2 Å². The number of sulfonamides is 1. The van der Waals surface area contributed by atoms with E-state index in [4.69, 9.17) is 0 Å². The Hall–Kier alpha value is -1.47. The molecular formula is C16H21FN2O3S. The standard InChI is InChI=1S/C16H21FN2O3S/c1-11(20)16-14(17)7-4-8-15(16)19-9-13(10-19)23(21,22)18-12-5-2-3-6-12/h4,7-8,12-13,18H,2-3,5-6,9-10H2,1H3. The molecule has 0 aromatic heterocycles. The Balaban J connectivity index is 1.69. The van der Waals surface area contributed by atoms with Gasteiger partial charge in [0.25, 0.3) is 0 Å². The first-order valence-corrected chi connectivity index (χ1v) is 9.48. The molecule has 2 aliphatic rings. The van der Waals surface area contributed by atoms with Crippen LogP contribution in [0.1, 0.15) is 43.0 Å². The zero-order chi connectivity index (χ0) is 16.6. The normalized spacial score (nSPS) is 19.8. The van der Waals surface area contributed by atoms with E-state index in [1.54, 1.807) is 11.0 Å². The minimum Gasteiger partial charge on any atom is -0.368 e. The van der Waals surface area contributed by atoms with Crippen molar-refractivity contribution in [3.63, 3.8) is 0 Å². The van der Waals surface area contributed by atoms with Crippen LogP contribution in [0.5, 0.6) is 0 Å². The van der Waals surface area contributed by atoms with Crippen molar-refractivity contribution in [1.29, 1.82) is 0 Å². The first-order valence-electron chi connectivity index (χ1n) is 7.94. The minimum absolute atomic E-state index is 0.0344. The van der Waals surface area contributed by atoms with Crippen LogP contribution in [-0.4, -0.2) is 38.6 Å². The largest absolute Gasteiger partial charge is 0.368 e. The summed E-state index contributed by atoms with van der Waals surface area (Å²) in [5, 5.41) is -0.508. The van der Waals surface area contributed by atoms with Crippen molar-refractivity contribution in [2.45, 2.75) is 43.9 Å². The van der Waals surface area contributed by atoms with E-state index in [1.165, 1.54) is 19.1 Å². The maximum Gasteiger partial charge on any atom is 0.218 e. The molecule has 1 saturated heterocycles. The van der Waals surface area contributed by atoms with Crippen LogP contribution in [0, 0.1) is 5.82 Å². The summed E-state index contributed by atoms with van der Waals surface area (Å²) < 4.78 is 41.3. The van der Waals surface area contributed by atoms with Gasteiger partial charge in [-0.3, -0.25) is 4.79 Å². The third kappa shape index (κ3) is 3.26. The van der Waals surface area contributed by atoms with Crippen molar-refractivity contribution in [3.8, 4) is 0 Å². The van der Waals surface area contributed by atoms with Gasteiger partial charge in [0.2, 0.25) is 10.0 Å². The van der Waals surface area contributed by atoms with Gasteiger partial charge in [0.15, 0.2) is 5.78 Å². The molecule has 1 N–H and O–H groups in total. The molecule has 1 aliphatic heterocycles. The zero-order valence-electron chi connectivity index (χ0n) is 13.1. The van der Waals surface area contributed by atoms with Gasteiger partial charge >= 0.3 is 0 Å². The van der Waals surface area contributed by atoms with Gasteiger partial charge in [-0.05, 0) is 31.9 Å². The summed E-state index contributed by atoms with van der Waals surface area (Å²) in [6.45, 7) is 1.88. The SMILES string of the molecule is CC(=O)c1c(F)cccc1N1CC(S(=O)(=O)NC2CCCC2)C1. The third-order valence-corrected chi connectivity index (χ3v) is 6.50. The molecule has 0 bridgehead atoms. The number of carbonyl (C=O) groups is 1. The van der Waals surface area contributed by atoms with Gasteiger partial charge in [0, 0.05) is 19.1 Å². The van der Waals surface area contributed by atoms with E-state index in [2.05, 4.69) is 4.72 Å². The fourth-order valence-electron chi connectivity index (χ4n) is 3.33. The Labute approximate surface area is 135 Å². The highest BCUT2D eigenvalue weighted by Crippen LogP contribution is 2.30. The molecule has 7 heteroatoms. The number of rotatable bonds is 5. The third-order valence-electron chi connectivity index (χ3n) is 4.66. The van der Waals surface area contributed by atoms with Gasteiger partial charge in [-0.1, -0.05) is 18.9 Å². The van der Waals surface area contributed by atoms with Gasteiger partial charge in [0.05, 0.1) is 11.3 Å². The predicted octanol–water partition coefficient (Wildman–Crippen LogP) is 2.08. The molecule has 3 rings (SSSR count). The Bertz CT molecular complexity index is 708. The van der Waals surface area contributed by atoms with E-state index < -0.39 is 21.1 Å². The van der Waals surface area contributed by atoms with Gasteiger partial charge in [-0.25, -0.2) is 17.5 Å². The Morgan fingerprint density at radius 2 is 1.91 bits per heavy atom. The Morgan fingerprint density at radius 3 is 2.52 bits per heavy atom. The average molecular weight is 340 g/mol. The predicted molar refractivity (Wildman–Crippen MR) is 86.7 cm³/mol. The summed E-state index contributed by atoms with van der Waals surface area (Å²) in [7, 11) is -3.36. The lowest BCUT2D eigenvalue weighted by Gasteiger charge is -2.41. The number of carbonyl (C=O) groups excluding carboxylic acids is 1. The molecule has 2 fully saturated rings. The summed E-state index contributed by atoms with van der Waals surface area (Å²) in [5.74, 6) is -0.918. The number of nitrogens with one attached hydrogen (secondary N) is 1. The lowest BCUT2D eigenvalue weighted by Crippen LogP contribution is -2.59. The summed E-state index contributed by atoms with van der Waals surface area (Å²) in [6.07, 6.45) is 3.92. The second kappa shape index (κ2) is 6.20. The van der Waals surface area contributed by atoms with E-state index >= 15 is 0 Å². The van der Waals surface area contributed by atoms with E-state index in [0.29, 0.717) is 5.69 Å². The molecule has 1 aromatic carbocycles. The highest BCUT2D eigenvalue weighted by molar-refractivity contribution is 7.90. The van der Waals surface area contributed by atoms with Crippen LogP contribution in [-0.2, 0) is 10.0 Å². The Morgan fingerprint density at radius 1 is 1.26 bits per heavy atom. The molecule has 1 aromatic rings. The van der Waals surface area contributed by atoms with Gasteiger partial charge in [-0.15, -0.1) is 0 Å². The van der Waals surface area contributed by atoms with Gasteiger partial charge in [0.1, 0.15) is 11.1 Å². The number of benzene rings is 1. The molecule has 126 valence electrons. The quantitative estimate of drug-likeness (QED) is 0.834. The Kier molecular flexibility index (Phi) is 4.42. The molecule has 23 heavy (non-hydrogen) atoms. The number of hydrogen-bond acceptors (Lipinski definition) is 4. The number of nitrogens with zero attached hydrogens (tertiary/aromatic N) is 1. The smallest absolute Gasteiger partial charge is 0.218 e. The lowest BCUT2D eigenvalue weighted by molar-refractivity contribution is 0.101. The minimum atomic E-state index is -3.36. The van der Waals surface area contributed by atoms with Crippen LogP contribution in [0.4, 0.5) is 10.1 Å². The molecule has 1 aliphatic carbocycles. The monoisotopic (exact) mass is 340 g/mol. The van der Waals surface area contributed by atoms with Crippen molar-refractivity contribution in [2.75, 3.05) is 18.0 Å². The molecule has 0 radical (unpaired) electrons. The highest BCUT2D eigenvalue weighted by Gasteiger charge is 2.40. The molecule has 0 atom stereocenters. The van der Waals surface area contributed by atoms with Crippen LogP contribution >= 0.6 is 0 Å². The summed E-state index contributed by atoms with van der Waals surface area (Å²) in [4.78, 5) is 13.4. The van der Waals surface area contributed by atoms with Gasteiger partial charge in [-0.2, -0.15) is 0 Å². The maximum absolute atomic E-state index is 13.8. The number of hydrogen-bond donors (Lipinski definition) is 1. The molecule has 0 amide bonds. The van der Waals surface area contributed by atoms with E-state index in [0.717, 1.165) is 25.7 Å². The number of Topliss-reactive ketones (excluding diaryl/α,β-unsaturated/α-hetero) is 1. The molecule has 0 unspecified atom stereocenters. The summed E-state index contributed by atoms with van der Waals surface area (Å²) in [5.41, 5.74) is 0.511. The van der Waals surface area contributed by atoms with Crippen molar-refractivity contribution >= 4 is 21.5 Å². The van der Waals surface area contributed by atoms with Gasteiger partial charge < -0.3 is 4.90 Å². The van der Waals surface area contributed by atoms with Crippen molar-refractivity contribution < 1.29 is 17.6 Å². The van der Waals surface area contributed by atoms with Crippen molar-refractivity contribution in [1.82, 2.24) is 4.72 Å². The molecule has 0 spiro atoms. The van der Waals surface area contributed by atoms with Crippen molar-refractivity contribution in [2.24, 2.45) is 0 Å². The highest BCUT2D eigenvalue weighted by atomic mass is 32.2. The summed E-state index contributed by atoms with van der Waals surface area (Å²) >= 11 is 0. The molecular weight excluding hydrogens is 319 g/mol. The first-order chi connectivity index (χ1) is 10.9. The first kappa shape index (κ1) is 16.4. The summed E-state index contributed by atoms with van der Waals surface area (Å²) in [6, 6.07) is 4.49. The molecule has 1 saturated carbocycles. The second-order valence-corrected chi connectivity index (χ2v) is 8.35. The number of ketones is 1.